The van der Waals surface area contributed by atoms with E-state index in [1.54, 1.807) is 37.4 Å². The van der Waals surface area contributed by atoms with Crippen LogP contribution in [-0.2, 0) is 10.0 Å². The number of sulfonamides is 1. The summed E-state index contributed by atoms with van der Waals surface area (Å²) in [5.74, 6) is 1.38. The van der Waals surface area contributed by atoms with Gasteiger partial charge in [0.1, 0.15) is 10.7 Å². The van der Waals surface area contributed by atoms with Crippen LogP contribution in [-0.4, -0.2) is 31.6 Å². The van der Waals surface area contributed by atoms with Gasteiger partial charge in [-0.2, -0.15) is 13.5 Å². The van der Waals surface area contributed by atoms with E-state index in [4.69, 9.17) is 4.74 Å². The van der Waals surface area contributed by atoms with Gasteiger partial charge in [0, 0.05) is 17.3 Å². The molecule has 142 valence electrons. The fourth-order valence-corrected chi connectivity index (χ4v) is 4.42. The van der Waals surface area contributed by atoms with Crippen LogP contribution in [0, 0.1) is 6.92 Å². The summed E-state index contributed by atoms with van der Waals surface area (Å²) in [6.07, 6.45) is 0. The number of nitrogens with zero attached hydrogens (tertiary/aromatic N) is 2. The molecule has 7 nitrogen and oxygen atoms in total. The fraction of sp³-hybridized carbons (Fsp3) is 0.100. The summed E-state index contributed by atoms with van der Waals surface area (Å²) in [4.78, 5) is 0.149. The van der Waals surface area contributed by atoms with Crippen molar-refractivity contribution in [2.75, 3.05) is 12.4 Å². The van der Waals surface area contributed by atoms with Gasteiger partial charge in [-0.3, -0.25) is 5.10 Å². The van der Waals surface area contributed by atoms with E-state index in [9.17, 15) is 8.42 Å². The Morgan fingerprint density at radius 1 is 1.00 bits per heavy atom. The zero-order valence-corrected chi connectivity index (χ0v) is 16.1. The molecular formula is C20H18N4O3S. The number of methoxy groups -OCH3 is 1. The van der Waals surface area contributed by atoms with E-state index in [0.29, 0.717) is 22.7 Å². The Labute approximate surface area is 162 Å². The van der Waals surface area contributed by atoms with Crippen molar-refractivity contribution in [3.05, 3.63) is 77.5 Å². The minimum absolute atomic E-state index is 0.149. The second kappa shape index (κ2) is 6.97. The molecule has 3 aromatic rings. The molecule has 2 heterocycles. The SMILES string of the molecule is COc1ccc(C2=C(c3ccccc3)C(Nc3cc(C)[nH]n3)=NS2(=O)=O)cc1. The second-order valence-electron chi connectivity index (χ2n) is 6.27. The Kier molecular flexibility index (Phi) is 4.48. The highest BCUT2D eigenvalue weighted by Crippen LogP contribution is 2.38. The van der Waals surface area contributed by atoms with Gasteiger partial charge in [-0.25, -0.2) is 0 Å². The molecule has 8 heteroatoms. The van der Waals surface area contributed by atoms with Crippen LogP contribution in [0.4, 0.5) is 5.82 Å². The van der Waals surface area contributed by atoms with Gasteiger partial charge in [0.05, 0.1) is 7.11 Å². The lowest BCUT2D eigenvalue weighted by atomic mass is 10.0. The summed E-state index contributed by atoms with van der Waals surface area (Å²) in [5, 5.41) is 9.99. The van der Waals surface area contributed by atoms with Crippen molar-refractivity contribution in [3.63, 3.8) is 0 Å². The predicted molar refractivity (Wildman–Crippen MR) is 110 cm³/mol. The molecule has 0 unspecified atom stereocenters. The van der Waals surface area contributed by atoms with Crippen molar-refractivity contribution in [2.24, 2.45) is 4.40 Å². The Balaban J connectivity index is 1.90. The molecule has 0 saturated carbocycles. The number of rotatable bonds is 4. The number of benzene rings is 2. The monoisotopic (exact) mass is 394 g/mol. The third-order valence-corrected chi connectivity index (χ3v) is 5.68. The number of ether oxygens (including phenoxy) is 1. The highest BCUT2D eigenvalue weighted by atomic mass is 32.2. The Bertz CT molecular complexity index is 1180. The Hall–Kier alpha value is -3.39. The number of aryl methyl sites for hydroxylation is 1. The standard InChI is InChI=1S/C20H18N4O3S/c1-13-12-17(23-22-13)21-20-18(14-6-4-3-5-7-14)19(28(25,26)24-20)15-8-10-16(27-2)11-9-15/h3-12H,1-2H3,(H2,21,22,23,24). The largest absolute Gasteiger partial charge is 0.497 e. The summed E-state index contributed by atoms with van der Waals surface area (Å²) in [6, 6.07) is 18.0. The first kappa shape index (κ1) is 18.0. The van der Waals surface area contributed by atoms with Gasteiger partial charge in [0.25, 0.3) is 10.0 Å². The van der Waals surface area contributed by atoms with Crippen molar-refractivity contribution in [1.82, 2.24) is 10.2 Å². The average Bonchev–Trinajstić information content (AvgIpc) is 3.22. The maximum absolute atomic E-state index is 13.0. The number of amidine groups is 1. The maximum Gasteiger partial charge on any atom is 0.285 e. The van der Waals surface area contributed by atoms with Crippen LogP contribution in [0.2, 0.25) is 0 Å². The number of nitrogens with one attached hydrogen (secondary N) is 2. The molecule has 1 aliphatic heterocycles. The Morgan fingerprint density at radius 2 is 1.71 bits per heavy atom. The van der Waals surface area contributed by atoms with Gasteiger partial charge in [-0.15, -0.1) is 4.40 Å². The van der Waals surface area contributed by atoms with Crippen LogP contribution in [0.1, 0.15) is 16.8 Å². The van der Waals surface area contributed by atoms with E-state index in [-0.39, 0.29) is 10.7 Å². The minimum Gasteiger partial charge on any atom is -0.497 e. The van der Waals surface area contributed by atoms with E-state index in [1.807, 2.05) is 37.3 Å². The molecule has 0 spiro atoms. The van der Waals surface area contributed by atoms with E-state index < -0.39 is 10.0 Å². The molecule has 0 fully saturated rings. The van der Waals surface area contributed by atoms with Crippen LogP contribution in [0.15, 0.2) is 65.1 Å². The first-order chi connectivity index (χ1) is 13.5. The van der Waals surface area contributed by atoms with Gasteiger partial charge in [-0.1, -0.05) is 30.3 Å². The van der Waals surface area contributed by atoms with Crippen molar-refractivity contribution in [2.45, 2.75) is 6.92 Å². The van der Waals surface area contributed by atoms with Crippen LogP contribution in [0.5, 0.6) is 5.75 Å². The third-order valence-electron chi connectivity index (χ3n) is 4.30. The number of aromatic nitrogens is 2. The molecule has 2 N–H and O–H groups in total. The lowest BCUT2D eigenvalue weighted by Gasteiger charge is -2.10. The van der Waals surface area contributed by atoms with Crippen LogP contribution in [0.25, 0.3) is 10.5 Å². The highest BCUT2D eigenvalue weighted by molar-refractivity contribution is 8.00. The predicted octanol–water partition coefficient (Wildman–Crippen LogP) is 3.45. The van der Waals surface area contributed by atoms with Crippen molar-refractivity contribution >= 4 is 32.2 Å². The number of aromatic amines is 1. The lowest BCUT2D eigenvalue weighted by molar-refractivity contribution is 0.415. The van der Waals surface area contributed by atoms with Gasteiger partial charge in [0.15, 0.2) is 11.7 Å². The first-order valence-corrected chi connectivity index (χ1v) is 10.0. The van der Waals surface area contributed by atoms with Crippen LogP contribution in [0.3, 0.4) is 0 Å². The van der Waals surface area contributed by atoms with Crippen molar-refractivity contribution < 1.29 is 13.2 Å². The molecule has 0 atom stereocenters. The summed E-state index contributed by atoms with van der Waals surface area (Å²) in [7, 11) is -2.33. The van der Waals surface area contributed by atoms with E-state index in [0.717, 1.165) is 11.3 Å². The third kappa shape index (κ3) is 3.29. The zero-order valence-electron chi connectivity index (χ0n) is 15.3. The van der Waals surface area contributed by atoms with Crippen LogP contribution >= 0.6 is 0 Å². The Morgan fingerprint density at radius 3 is 2.32 bits per heavy atom. The van der Waals surface area contributed by atoms with Crippen molar-refractivity contribution in [1.29, 1.82) is 0 Å². The highest BCUT2D eigenvalue weighted by Gasteiger charge is 2.34. The molecular weight excluding hydrogens is 376 g/mol. The normalized spacial score (nSPS) is 15.4. The summed E-state index contributed by atoms with van der Waals surface area (Å²) in [5.41, 5.74) is 2.64. The quantitative estimate of drug-likeness (QED) is 0.706. The first-order valence-electron chi connectivity index (χ1n) is 8.56. The summed E-state index contributed by atoms with van der Waals surface area (Å²) < 4.78 is 35.1. The number of hydrogen-bond donors (Lipinski definition) is 2. The van der Waals surface area contributed by atoms with E-state index >= 15 is 0 Å². The topological polar surface area (TPSA) is 96.4 Å². The molecule has 0 aliphatic carbocycles. The molecule has 0 saturated heterocycles. The average molecular weight is 394 g/mol. The molecule has 1 aromatic heterocycles. The maximum atomic E-state index is 13.0. The summed E-state index contributed by atoms with van der Waals surface area (Å²) in [6.45, 7) is 1.86. The van der Waals surface area contributed by atoms with Gasteiger partial charge in [0.2, 0.25) is 0 Å². The summed E-state index contributed by atoms with van der Waals surface area (Å²) >= 11 is 0. The van der Waals surface area contributed by atoms with Gasteiger partial charge in [-0.05, 0) is 42.3 Å². The van der Waals surface area contributed by atoms with Gasteiger partial charge < -0.3 is 10.1 Å². The van der Waals surface area contributed by atoms with E-state index in [2.05, 4.69) is 19.9 Å². The molecule has 28 heavy (non-hydrogen) atoms. The minimum atomic E-state index is -3.89. The van der Waals surface area contributed by atoms with E-state index in [1.165, 1.54) is 0 Å². The number of anilines is 1. The number of H-pyrrole nitrogens is 1. The lowest BCUT2D eigenvalue weighted by Crippen LogP contribution is -2.12. The molecule has 0 radical (unpaired) electrons. The fourth-order valence-electron chi connectivity index (χ4n) is 3.04. The molecule has 4 rings (SSSR count). The smallest absolute Gasteiger partial charge is 0.285 e. The molecule has 0 amide bonds. The molecule has 2 aromatic carbocycles. The molecule has 0 bridgehead atoms. The molecule has 1 aliphatic rings. The second-order valence-corrected chi connectivity index (χ2v) is 7.82. The van der Waals surface area contributed by atoms with Gasteiger partial charge >= 0.3 is 0 Å². The number of hydrogen-bond acceptors (Lipinski definition) is 5. The zero-order chi connectivity index (χ0) is 19.7. The van der Waals surface area contributed by atoms with Crippen LogP contribution < -0.4 is 10.1 Å². The van der Waals surface area contributed by atoms with Crippen molar-refractivity contribution in [3.8, 4) is 5.75 Å².